The van der Waals surface area contributed by atoms with Gasteiger partial charge in [0.1, 0.15) is 11.8 Å². The van der Waals surface area contributed by atoms with Crippen LogP contribution in [0.2, 0.25) is 0 Å². The fourth-order valence-electron chi connectivity index (χ4n) is 3.88. The molecular weight excluding hydrogens is 354 g/mol. The van der Waals surface area contributed by atoms with Crippen molar-refractivity contribution in [2.24, 2.45) is 0 Å². The fraction of sp³-hybridized carbons (Fsp3) is 0.500. The van der Waals surface area contributed by atoms with Crippen molar-refractivity contribution in [1.29, 1.82) is 0 Å². The van der Waals surface area contributed by atoms with Crippen LogP contribution in [0.5, 0.6) is 0 Å². The van der Waals surface area contributed by atoms with Gasteiger partial charge in [-0.15, -0.1) is 0 Å². The average molecular weight is 375 g/mol. The van der Waals surface area contributed by atoms with E-state index in [4.69, 9.17) is 9.15 Å². The molecule has 5 rings (SSSR count). The minimum absolute atomic E-state index is 0.249. The Hall–Kier alpha value is -1.90. The third-order valence-corrected chi connectivity index (χ3v) is 7.71. The lowest BCUT2D eigenvalue weighted by Crippen LogP contribution is -2.36. The molecule has 0 N–H and O–H groups in total. The fourth-order valence-corrected chi connectivity index (χ4v) is 5.82. The van der Waals surface area contributed by atoms with E-state index in [1.54, 1.807) is 10.5 Å². The number of hydrogen-bond donors (Lipinski definition) is 0. The van der Waals surface area contributed by atoms with Gasteiger partial charge in [0.15, 0.2) is 6.39 Å². The molecule has 0 spiro atoms. The first kappa shape index (κ1) is 16.3. The molecule has 3 heterocycles. The molecule has 3 aliphatic rings. The molecule has 1 atom stereocenters. The van der Waals surface area contributed by atoms with Crippen LogP contribution in [-0.4, -0.2) is 49.3 Å². The molecule has 1 aromatic carbocycles. The maximum absolute atomic E-state index is 13.0. The predicted octanol–water partition coefficient (Wildman–Crippen LogP) is 1.91. The van der Waals surface area contributed by atoms with Crippen molar-refractivity contribution in [2.45, 2.75) is 30.7 Å². The van der Waals surface area contributed by atoms with Crippen LogP contribution in [0.3, 0.4) is 0 Å². The standard InChI is InChI=1S/C18H21N3O4S/c22-26(23,15-2-3-15)21-11-13-9-14(20-5-7-24-8-6-20)1-4-16(13)18(21)17-10-19-12-25-17/h1,4,9-10,12,15,18H,2-3,5-8,11H2. The predicted molar refractivity (Wildman–Crippen MR) is 95.3 cm³/mol. The van der Waals surface area contributed by atoms with E-state index in [9.17, 15) is 8.42 Å². The quantitative estimate of drug-likeness (QED) is 0.813. The molecule has 0 radical (unpaired) electrons. The molecule has 1 saturated carbocycles. The van der Waals surface area contributed by atoms with Gasteiger partial charge in [0, 0.05) is 25.3 Å². The number of nitrogens with zero attached hydrogens (tertiary/aromatic N) is 3. The Kier molecular flexibility index (Phi) is 3.80. The van der Waals surface area contributed by atoms with E-state index in [1.807, 2.05) is 6.07 Å². The van der Waals surface area contributed by atoms with Crippen LogP contribution in [0.15, 0.2) is 35.2 Å². The van der Waals surface area contributed by atoms with Gasteiger partial charge in [0.05, 0.1) is 24.7 Å². The number of oxazole rings is 1. The molecule has 0 bridgehead atoms. The summed E-state index contributed by atoms with van der Waals surface area (Å²) < 4.78 is 38.5. The highest BCUT2D eigenvalue weighted by atomic mass is 32.2. The van der Waals surface area contributed by atoms with Crippen molar-refractivity contribution >= 4 is 15.7 Å². The van der Waals surface area contributed by atoms with Gasteiger partial charge in [-0.3, -0.25) is 0 Å². The van der Waals surface area contributed by atoms with Crippen molar-refractivity contribution in [3.8, 4) is 0 Å². The van der Waals surface area contributed by atoms with E-state index in [2.05, 4.69) is 22.0 Å². The summed E-state index contributed by atoms with van der Waals surface area (Å²) in [6.45, 7) is 3.54. The second kappa shape index (κ2) is 6.07. The lowest BCUT2D eigenvalue weighted by molar-refractivity contribution is 0.122. The largest absolute Gasteiger partial charge is 0.446 e. The number of rotatable bonds is 4. The maximum atomic E-state index is 13.0. The summed E-state index contributed by atoms with van der Waals surface area (Å²) >= 11 is 0. The van der Waals surface area contributed by atoms with E-state index in [-0.39, 0.29) is 5.25 Å². The Morgan fingerprint density at radius 1 is 1.15 bits per heavy atom. The third kappa shape index (κ3) is 2.64. The molecule has 1 aliphatic carbocycles. The molecule has 2 fully saturated rings. The van der Waals surface area contributed by atoms with Gasteiger partial charge in [-0.05, 0) is 36.1 Å². The molecule has 1 saturated heterocycles. The van der Waals surface area contributed by atoms with Crippen LogP contribution in [0.25, 0.3) is 0 Å². The zero-order valence-electron chi connectivity index (χ0n) is 14.4. The Balaban J connectivity index is 1.54. The summed E-state index contributed by atoms with van der Waals surface area (Å²) in [5.74, 6) is 0.576. The summed E-state index contributed by atoms with van der Waals surface area (Å²) in [6, 6.07) is 5.81. The average Bonchev–Trinajstić information content (AvgIpc) is 3.26. The van der Waals surface area contributed by atoms with Gasteiger partial charge < -0.3 is 14.1 Å². The number of anilines is 1. The summed E-state index contributed by atoms with van der Waals surface area (Å²) in [6.07, 6.45) is 4.47. The van der Waals surface area contributed by atoms with Gasteiger partial charge in [-0.2, -0.15) is 4.31 Å². The van der Waals surface area contributed by atoms with E-state index in [0.717, 1.165) is 56.0 Å². The minimum Gasteiger partial charge on any atom is -0.446 e. The highest BCUT2D eigenvalue weighted by Gasteiger charge is 2.47. The van der Waals surface area contributed by atoms with Crippen LogP contribution in [-0.2, 0) is 21.3 Å². The Bertz CT molecular complexity index is 903. The van der Waals surface area contributed by atoms with Gasteiger partial charge >= 0.3 is 0 Å². The van der Waals surface area contributed by atoms with Crippen molar-refractivity contribution in [1.82, 2.24) is 9.29 Å². The number of fused-ring (bicyclic) bond motifs is 1. The van der Waals surface area contributed by atoms with Crippen LogP contribution in [0, 0.1) is 0 Å². The van der Waals surface area contributed by atoms with Crippen molar-refractivity contribution in [3.63, 3.8) is 0 Å². The second-order valence-corrected chi connectivity index (χ2v) is 9.24. The highest BCUT2D eigenvalue weighted by molar-refractivity contribution is 7.90. The second-order valence-electron chi connectivity index (χ2n) is 7.08. The normalized spacial score (nSPS) is 24.0. The summed E-state index contributed by atoms with van der Waals surface area (Å²) in [7, 11) is -3.33. The zero-order chi connectivity index (χ0) is 17.7. The van der Waals surface area contributed by atoms with Gasteiger partial charge in [0.25, 0.3) is 0 Å². The van der Waals surface area contributed by atoms with Crippen LogP contribution < -0.4 is 4.90 Å². The lowest BCUT2D eigenvalue weighted by atomic mass is 10.0. The minimum atomic E-state index is -3.33. The van der Waals surface area contributed by atoms with Crippen molar-refractivity contribution < 1.29 is 17.6 Å². The molecule has 2 aliphatic heterocycles. The van der Waals surface area contributed by atoms with E-state index < -0.39 is 16.1 Å². The molecule has 1 unspecified atom stereocenters. The number of benzene rings is 1. The molecule has 1 aromatic heterocycles. The summed E-state index contributed by atoms with van der Waals surface area (Å²) in [4.78, 5) is 6.28. The number of ether oxygens (including phenoxy) is 1. The molecule has 8 heteroatoms. The van der Waals surface area contributed by atoms with Crippen LogP contribution in [0.4, 0.5) is 5.69 Å². The maximum Gasteiger partial charge on any atom is 0.218 e. The highest BCUT2D eigenvalue weighted by Crippen LogP contribution is 2.45. The molecule has 26 heavy (non-hydrogen) atoms. The molecule has 0 amide bonds. The van der Waals surface area contributed by atoms with Gasteiger partial charge in [-0.1, -0.05) is 6.07 Å². The van der Waals surface area contributed by atoms with Crippen molar-refractivity contribution in [2.75, 3.05) is 31.2 Å². The zero-order valence-corrected chi connectivity index (χ0v) is 15.2. The first-order chi connectivity index (χ1) is 12.6. The first-order valence-electron chi connectivity index (χ1n) is 8.99. The van der Waals surface area contributed by atoms with E-state index >= 15 is 0 Å². The van der Waals surface area contributed by atoms with Crippen LogP contribution >= 0.6 is 0 Å². The number of morpholine rings is 1. The summed E-state index contributed by atoms with van der Waals surface area (Å²) in [5, 5.41) is -0.249. The molecular formula is C18H21N3O4S. The number of aromatic nitrogens is 1. The third-order valence-electron chi connectivity index (χ3n) is 5.40. The smallest absolute Gasteiger partial charge is 0.218 e. The number of sulfonamides is 1. The van der Waals surface area contributed by atoms with Gasteiger partial charge in [0.2, 0.25) is 10.0 Å². The Morgan fingerprint density at radius 3 is 2.65 bits per heavy atom. The van der Waals surface area contributed by atoms with Gasteiger partial charge in [-0.25, -0.2) is 13.4 Å². The molecule has 7 nitrogen and oxygen atoms in total. The summed E-state index contributed by atoms with van der Waals surface area (Å²) in [5.41, 5.74) is 3.15. The van der Waals surface area contributed by atoms with Crippen molar-refractivity contribution in [3.05, 3.63) is 47.7 Å². The topological polar surface area (TPSA) is 75.9 Å². The number of hydrogen-bond acceptors (Lipinski definition) is 6. The Morgan fingerprint density at radius 2 is 1.96 bits per heavy atom. The van der Waals surface area contributed by atoms with E-state index in [0.29, 0.717) is 12.3 Å². The molecule has 138 valence electrons. The Labute approximate surface area is 152 Å². The van der Waals surface area contributed by atoms with Crippen LogP contribution in [0.1, 0.15) is 35.8 Å². The van der Waals surface area contributed by atoms with E-state index in [1.165, 1.54) is 6.39 Å². The molecule has 2 aromatic rings. The first-order valence-corrected chi connectivity index (χ1v) is 10.5. The monoisotopic (exact) mass is 375 g/mol. The SMILES string of the molecule is O=S(=O)(C1CC1)N1Cc2cc(N3CCOCC3)ccc2C1c1cnco1. The lowest BCUT2D eigenvalue weighted by Gasteiger charge is -2.29.